The number of piperidine rings is 1. The zero-order valence-electron chi connectivity index (χ0n) is 21.3. The molecule has 8 heteroatoms. The second kappa shape index (κ2) is 10.2. The van der Waals surface area contributed by atoms with Crippen LogP contribution >= 0.6 is 0 Å². The number of benzene rings is 2. The predicted molar refractivity (Wildman–Crippen MR) is 137 cm³/mol. The summed E-state index contributed by atoms with van der Waals surface area (Å²) in [6, 6.07) is 12.1. The highest BCUT2D eigenvalue weighted by atomic mass is 16.5. The van der Waals surface area contributed by atoms with E-state index in [-0.39, 0.29) is 17.7 Å². The summed E-state index contributed by atoms with van der Waals surface area (Å²) in [6.45, 7) is 4.57. The molecule has 0 radical (unpaired) electrons. The molecule has 0 saturated carbocycles. The Morgan fingerprint density at radius 2 is 1.86 bits per heavy atom. The molecule has 2 saturated heterocycles. The fourth-order valence-corrected chi connectivity index (χ4v) is 5.42. The first-order valence-electron chi connectivity index (χ1n) is 12.7. The molecule has 0 spiro atoms. The summed E-state index contributed by atoms with van der Waals surface area (Å²) < 4.78 is 10.7. The number of methoxy groups -OCH3 is 2. The van der Waals surface area contributed by atoms with Gasteiger partial charge in [-0.1, -0.05) is 12.1 Å². The highest BCUT2D eigenvalue weighted by molar-refractivity contribution is 5.89. The lowest BCUT2D eigenvalue weighted by Gasteiger charge is -2.32. The molecule has 1 N–H and O–H groups in total. The van der Waals surface area contributed by atoms with Gasteiger partial charge in [0, 0.05) is 38.5 Å². The number of aryl methyl sites for hydroxylation is 1. The van der Waals surface area contributed by atoms with Crippen LogP contribution in [0.5, 0.6) is 11.5 Å². The van der Waals surface area contributed by atoms with E-state index in [0.29, 0.717) is 56.4 Å². The van der Waals surface area contributed by atoms with Crippen molar-refractivity contribution in [3.05, 3.63) is 53.3 Å². The van der Waals surface area contributed by atoms with Crippen molar-refractivity contribution in [1.82, 2.24) is 19.8 Å². The van der Waals surface area contributed by atoms with Crippen LogP contribution < -0.4 is 9.47 Å². The minimum Gasteiger partial charge on any atom is -0.493 e. The van der Waals surface area contributed by atoms with Gasteiger partial charge in [0.1, 0.15) is 5.82 Å². The van der Waals surface area contributed by atoms with Crippen LogP contribution in [0.25, 0.3) is 11.0 Å². The van der Waals surface area contributed by atoms with Crippen molar-refractivity contribution >= 4 is 22.8 Å². The van der Waals surface area contributed by atoms with Gasteiger partial charge >= 0.3 is 0 Å². The summed E-state index contributed by atoms with van der Waals surface area (Å²) in [6.07, 6.45) is 2.77. The Balaban J connectivity index is 1.14. The van der Waals surface area contributed by atoms with Crippen LogP contribution in [0.3, 0.4) is 0 Å². The molecular weight excluding hydrogens is 456 g/mol. The molecule has 2 aliphatic heterocycles. The molecule has 0 aliphatic carbocycles. The average Bonchev–Trinajstić information content (AvgIpc) is 3.49. The lowest BCUT2D eigenvalue weighted by Crippen LogP contribution is -2.42. The third kappa shape index (κ3) is 4.90. The second-order valence-corrected chi connectivity index (χ2v) is 9.92. The van der Waals surface area contributed by atoms with E-state index in [2.05, 4.69) is 30.1 Å². The van der Waals surface area contributed by atoms with E-state index in [1.165, 1.54) is 5.56 Å². The number of nitrogens with one attached hydrogen (secondary N) is 1. The third-order valence-corrected chi connectivity index (χ3v) is 7.53. The van der Waals surface area contributed by atoms with Crippen molar-refractivity contribution in [2.75, 3.05) is 40.4 Å². The molecule has 3 aromatic rings. The van der Waals surface area contributed by atoms with Gasteiger partial charge in [0.05, 0.1) is 31.2 Å². The van der Waals surface area contributed by atoms with Crippen molar-refractivity contribution in [2.45, 2.75) is 38.5 Å². The van der Waals surface area contributed by atoms with Gasteiger partial charge in [-0.05, 0) is 61.6 Å². The molecule has 36 heavy (non-hydrogen) atoms. The van der Waals surface area contributed by atoms with Gasteiger partial charge < -0.3 is 24.3 Å². The summed E-state index contributed by atoms with van der Waals surface area (Å²) in [5.41, 5.74) is 4.34. The number of carbonyl (C=O) groups excluding carboxylic acids is 2. The maximum absolute atomic E-state index is 13.2. The van der Waals surface area contributed by atoms with Crippen LogP contribution in [0.4, 0.5) is 0 Å². The fourth-order valence-electron chi connectivity index (χ4n) is 5.42. The Morgan fingerprint density at radius 3 is 2.61 bits per heavy atom. The van der Waals surface area contributed by atoms with Crippen LogP contribution in [0, 0.1) is 12.8 Å². The summed E-state index contributed by atoms with van der Waals surface area (Å²) in [5, 5.41) is 0. The van der Waals surface area contributed by atoms with Crippen LogP contribution in [0.2, 0.25) is 0 Å². The van der Waals surface area contributed by atoms with Gasteiger partial charge in [-0.2, -0.15) is 0 Å². The van der Waals surface area contributed by atoms with Crippen molar-refractivity contribution in [1.29, 1.82) is 0 Å². The minimum absolute atomic E-state index is 0.0567. The average molecular weight is 491 g/mol. The van der Waals surface area contributed by atoms with Crippen molar-refractivity contribution in [3.63, 3.8) is 0 Å². The Morgan fingerprint density at radius 1 is 1.08 bits per heavy atom. The van der Waals surface area contributed by atoms with Gasteiger partial charge in [0.15, 0.2) is 11.5 Å². The smallest absolute Gasteiger partial charge is 0.227 e. The van der Waals surface area contributed by atoms with Crippen molar-refractivity contribution in [3.8, 4) is 11.5 Å². The molecule has 1 aromatic heterocycles. The number of hydrogen-bond acceptors (Lipinski definition) is 5. The molecular formula is C28H34N4O4. The molecule has 190 valence electrons. The predicted octanol–water partition coefficient (Wildman–Crippen LogP) is 3.69. The van der Waals surface area contributed by atoms with Crippen LogP contribution in [0.15, 0.2) is 36.4 Å². The number of ether oxygens (including phenoxy) is 2. The highest BCUT2D eigenvalue weighted by Gasteiger charge is 2.37. The lowest BCUT2D eigenvalue weighted by molar-refractivity contribution is -0.136. The Hall–Kier alpha value is -3.55. The minimum atomic E-state index is -0.256. The number of aromatic nitrogens is 2. The fraction of sp³-hybridized carbons (Fsp3) is 0.464. The third-order valence-electron chi connectivity index (χ3n) is 7.53. The maximum Gasteiger partial charge on any atom is 0.227 e. The number of carbonyl (C=O) groups is 2. The maximum atomic E-state index is 13.2. The number of imidazole rings is 1. The number of fused-ring (bicyclic) bond motifs is 1. The zero-order valence-corrected chi connectivity index (χ0v) is 21.3. The number of rotatable bonds is 7. The normalized spacial score (nSPS) is 18.8. The van der Waals surface area contributed by atoms with Gasteiger partial charge in [-0.25, -0.2) is 4.98 Å². The van der Waals surface area contributed by atoms with Gasteiger partial charge in [-0.15, -0.1) is 0 Å². The van der Waals surface area contributed by atoms with Gasteiger partial charge in [0.25, 0.3) is 0 Å². The molecule has 2 aromatic carbocycles. The summed E-state index contributed by atoms with van der Waals surface area (Å²) >= 11 is 0. The number of aromatic amines is 1. The SMILES string of the molecule is COc1ccc(CCN2CC(C(=O)N3CCC(c4nc5ccc(C)cc5[nH]4)CC3)CC2=O)cc1OC. The molecule has 0 bridgehead atoms. The summed E-state index contributed by atoms with van der Waals surface area (Å²) in [5.74, 6) is 2.61. The number of amides is 2. The molecule has 5 rings (SSSR count). The molecule has 1 unspecified atom stereocenters. The van der Waals surface area contributed by atoms with Crippen LogP contribution in [-0.2, 0) is 16.0 Å². The zero-order chi connectivity index (χ0) is 25.2. The molecule has 3 heterocycles. The Labute approximate surface area is 211 Å². The van der Waals surface area contributed by atoms with E-state index in [4.69, 9.17) is 14.5 Å². The van der Waals surface area contributed by atoms with Crippen LogP contribution in [-0.4, -0.2) is 72.0 Å². The van der Waals surface area contributed by atoms with E-state index < -0.39 is 0 Å². The van der Waals surface area contributed by atoms with E-state index in [1.807, 2.05) is 28.0 Å². The number of nitrogens with zero attached hydrogens (tertiary/aromatic N) is 3. The van der Waals surface area contributed by atoms with E-state index >= 15 is 0 Å². The first-order valence-corrected chi connectivity index (χ1v) is 12.7. The summed E-state index contributed by atoms with van der Waals surface area (Å²) in [7, 11) is 3.22. The quantitative estimate of drug-likeness (QED) is 0.546. The monoisotopic (exact) mass is 490 g/mol. The number of hydrogen-bond donors (Lipinski definition) is 1. The topological polar surface area (TPSA) is 87.8 Å². The van der Waals surface area contributed by atoms with Gasteiger partial charge in [0.2, 0.25) is 11.8 Å². The van der Waals surface area contributed by atoms with Crippen molar-refractivity contribution < 1.29 is 19.1 Å². The molecule has 2 fully saturated rings. The van der Waals surface area contributed by atoms with E-state index in [1.54, 1.807) is 14.2 Å². The molecule has 2 aliphatic rings. The number of likely N-dealkylation sites (tertiary alicyclic amines) is 2. The standard InChI is InChI=1S/C28H34N4O4/c1-18-4-6-22-23(14-18)30-27(29-22)20-9-12-31(13-10-20)28(34)21-16-26(33)32(17-21)11-8-19-5-7-24(35-2)25(15-19)36-3/h4-7,14-15,20-21H,8-13,16-17H2,1-3H3,(H,29,30). The first kappa shape index (κ1) is 24.2. The Kier molecular flexibility index (Phi) is 6.85. The summed E-state index contributed by atoms with van der Waals surface area (Å²) in [4.78, 5) is 37.9. The van der Waals surface area contributed by atoms with Crippen LogP contribution in [0.1, 0.15) is 42.1 Å². The van der Waals surface area contributed by atoms with Gasteiger partial charge in [-0.3, -0.25) is 9.59 Å². The number of H-pyrrole nitrogens is 1. The molecule has 1 atom stereocenters. The van der Waals surface area contributed by atoms with Crippen molar-refractivity contribution in [2.24, 2.45) is 5.92 Å². The highest BCUT2D eigenvalue weighted by Crippen LogP contribution is 2.31. The lowest BCUT2D eigenvalue weighted by atomic mass is 9.95. The largest absolute Gasteiger partial charge is 0.493 e. The first-order chi connectivity index (χ1) is 17.4. The molecule has 8 nitrogen and oxygen atoms in total. The Bertz CT molecular complexity index is 1260. The molecule has 2 amide bonds. The van der Waals surface area contributed by atoms with E-state index in [9.17, 15) is 9.59 Å². The second-order valence-electron chi connectivity index (χ2n) is 9.92. The van der Waals surface area contributed by atoms with E-state index in [0.717, 1.165) is 35.3 Å².